The van der Waals surface area contributed by atoms with E-state index in [1.165, 1.54) is 12.8 Å². The number of para-hydroxylation sites is 1. The molecule has 1 rings (SSSR count). The van der Waals surface area contributed by atoms with Crippen LogP contribution in [0.2, 0.25) is 0 Å². The Morgan fingerprint density at radius 3 is 2.39 bits per heavy atom. The molecular formula is C19H32O4. The van der Waals surface area contributed by atoms with Gasteiger partial charge in [0.15, 0.2) is 0 Å². The number of unbranched alkanes of at least 4 members (excludes halogenated alkanes) is 3. The molecule has 0 fully saturated rings. The fourth-order valence-electron chi connectivity index (χ4n) is 2.79. The third-order valence-electron chi connectivity index (χ3n) is 4.32. The van der Waals surface area contributed by atoms with Gasteiger partial charge in [0.1, 0.15) is 18.5 Å². The van der Waals surface area contributed by atoms with E-state index in [4.69, 9.17) is 9.47 Å². The summed E-state index contributed by atoms with van der Waals surface area (Å²) in [6, 6.07) is 9.60. The van der Waals surface area contributed by atoms with E-state index in [2.05, 4.69) is 6.92 Å². The number of aliphatic hydroxyl groups excluding tert-OH is 2. The summed E-state index contributed by atoms with van der Waals surface area (Å²) in [5.74, 6) is 0.809. The molecule has 132 valence electrons. The predicted molar refractivity (Wildman–Crippen MR) is 92.8 cm³/mol. The number of hydrogen-bond acceptors (Lipinski definition) is 4. The first-order valence-electron chi connectivity index (χ1n) is 8.79. The molecule has 0 radical (unpaired) electrons. The van der Waals surface area contributed by atoms with Gasteiger partial charge in [-0.1, -0.05) is 57.7 Å². The highest BCUT2D eigenvalue weighted by Crippen LogP contribution is 2.28. The fraction of sp³-hybridized carbons (Fsp3) is 0.684. The second-order valence-corrected chi connectivity index (χ2v) is 5.94. The first-order valence-corrected chi connectivity index (χ1v) is 8.79. The molecule has 0 heterocycles. The Hall–Kier alpha value is -1.10. The molecule has 0 aliphatic heterocycles. The first-order chi connectivity index (χ1) is 11.2. The Morgan fingerprint density at radius 1 is 1.04 bits per heavy atom. The SMILES string of the molecule is CCCCCCC(CC)(OCCOc1ccccc1)C(O)CO. The molecule has 0 saturated heterocycles. The molecule has 0 bridgehead atoms. The standard InChI is InChI=1S/C19H32O4/c1-3-5-6-10-13-19(4-2,18(21)16-20)23-15-14-22-17-11-8-7-9-12-17/h7-9,11-12,18,20-21H,3-6,10,13-16H2,1-2H3. The van der Waals surface area contributed by atoms with Gasteiger partial charge in [-0.2, -0.15) is 0 Å². The molecule has 2 N–H and O–H groups in total. The van der Waals surface area contributed by atoms with Crippen LogP contribution in [0, 0.1) is 0 Å². The number of benzene rings is 1. The molecule has 0 amide bonds. The maximum Gasteiger partial charge on any atom is 0.119 e. The lowest BCUT2D eigenvalue weighted by molar-refractivity contribution is -0.148. The van der Waals surface area contributed by atoms with Gasteiger partial charge in [0, 0.05) is 0 Å². The average Bonchev–Trinajstić information content (AvgIpc) is 2.61. The third kappa shape index (κ3) is 6.90. The van der Waals surface area contributed by atoms with Crippen molar-refractivity contribution in [1.82, 2.24) is 0 Å². The summed E-state index contributed by atoms with van der Waals surface area (Å²) < 4.78 is 11.6. The van der Waals surface area contributed by atoms with Gasteiger partial charge < -0.3 is 19.7 Å². The van der Waals surface area contributed by atoms with Crippen molar-refractivity contribution in [1.29, 1.82) is 0 Å². The highest BCUT2D eigenvalue weighted by atomic mass is 16.5. The van der Waals surface area contributed by atoms with Crippen molar-refractivity contribution in [2.45, 2.75) is 64.1 Å². The van der Waals surface area contributed by atoms with Crippen LogP contribution in [0.4, 0.5) is 0 Å². The van der Waals surface area contributed by atoms with Gasteiger partial charge in [0.05, 0.1) is 18.8 Å². The number of rotatable bonds is 13. The molecule has 4 nitrogen and oxygen atoms in total. The van der Waals surface area contributed by atoms with Gasteiger partial charge in [0.2, 0.25) is 0 Å². The van der Waals surface area contributed by atoms with Crippen LogP contribution in [0.25, 0.3) is 0 Å². The van der Waals surface area contributed by atoms with Gasteiger partial charge in [-0.25, -0.2) is 0 Å². The Labute approximate surface area is 140 Å². The quantitative estimate of drug-likeness (QED) is 0.545. The third-order valence-corrected chi connectivity index (χ3v) is 4.32. The summed E-state index contributed by atoms with van der Waals surface area (Å²) in [7, 11) is 0. The minimum atomic E-state index is -0.856. The topological polar surface area (TPSA) is 58.9 Å². The average molecular weight is 324 g/mol. The lowest BCUT2D eigenvalue weighted by atomic mass is 9.87. The molecule has 1 aromatic carbocycles. The van der Waals surface area contributed by atoms with Crippen LogP contribution >= 0.6 is 0 Å². The lowest BCUT2D eigenvalue weighted by Gasteiger charge is -2.36. The van der Waals surface area contributed by atoms with Crippen molar-refractivity contribution in [3.05, 3.63) is 30.3 Å². The van der Waals surface area contributed by atoms with E-state index in [1.54, 1.807) is 0 Å². The smallest absolute Gasteiger partial charge is 0.119 e. The van der Waals surface area contributed by atoms with E-state index in [1.807, 2.05) is 37.3 Å². The molecule has 0 aromatic heterocycles. The van der Waals surface area contributed by atoms with Crippen molar-refractivity contribution in [3.63, 3.8) is 0 Å². The van der Waals surface area contributed by atoms with Gasteiger partial charge in [-0.3, -0.25) is 0 Å². The normalized spacial score (nSPS) is 15.1. The van der Waals surface area contributed by atoms with Crippen LogP contribution in [0.1, 0.15) is 52.4 Å². The monoisotopic (exact) mass is 324 g/mol. The molecule has 1 aromatic rings. The van der Waals surface area contributed by atoms with Crippen LogP contribution in [0.15, 0.2) is 30.3 Å². The lowest BCUT2D eigenvalue weighted by Crippen LogP contribution is -2.47. The van der Waals surface area contributed by atoms with Crippen LogP contribution in [-0.2, 0) is 4.74 Å². The molecule has 0 saturated carbocycles. The maximum atomic E-state index is 10.2. The molecule has 0 aliphatic carbocycles. The molecule has 4 heteroatoms. The Balaban J connectivity index is 2.47. The van der Waals surface area contributed by atoms with E-state index in [0.29, 0.717) is 19.6 Å². The zero-order valence-corrected chi connectivity index (χ0v) is 14.5. The van der Waals surface area contributed by atoms with Gasteiger partial charge in [0.25, 0.3) is 0 Å². The van der Waals surface area contributed by atoms with E-state index >= 15 is 0 Å². The van der Waals surface area contributed by atoms with Crippen LogP contribution in [-0.4, -0.2) is 41.7 Å². The highest BCUT2D eigenvalue weighted by Gasteiger charge is 2.36. The Bertz CT molecular complexity index is 396. The Morgan fingerprint density at radius 2 is 1.78 bits per heavy atom. The highest BCUT2D eigenvalue weighted by molar-refractivity contribution is 5.20. The summed E-state index contributed by atoms with van der Waals surface area (Å²) in [5, 5.41) is 19.6. The first kappa shape index (κ1) is 19.9. The molecule has 0 spiro atoms. The van der Waals surface area contributed by atoms with Crippen LogP contribution in [0.5, 0.6) is 5.75 Å². The predicted octanol–water partition coefficient (Wildman–Crippen LogP) is 3.55. The van der Waals surface area contributed by atoms with Gasteiger partial charge in [-0.15, -0.1) is 0 Å². The maximum absolute atomic E-state index is 10.2. The second-order valence-electron chi connectivity index (χ2n) is 5.94. The number of aliphatic hydroxyl groups is 2. The fourth-order valence-corrected chi connectivity index (χ4v) is 2.79. The van der Waals surface area contributed by atoms with Crippen molar-refractivity contribution < 1.29 is 19.7 Å². The summed E-state index contributed by atoms with van der Waals surface area (Å²) in [6.45, 7) is 4.72. The van der Waals surface area contributed by atoms with E-state index in [9.17, 15) is 10.2 Å². The molecular weight excluding hydrogens is 292 g/mol. The minimum Gasteiger partial charge on any atom is -0.491 e. The van der Waals surface area contributed by atoms with Crippen molar-refractivity contribution in [2.75, 3.05) is 19.8 Å². The van der Waals surface area contributed by atoms with Gasteiger partial charge >= 0.3 is 0 Å². The molecule has 2 atom stereocenters. The van der Waals surface area contributed by atoms with Crippen molar-refractivity contribution in [2.24, 2.45) is 0 Å². The van der Waals surface area contributed by atoms with Crippen molar-refractivity contribution >= 4 is 0 Å². The Kier molecular flexibility index (Phi) is 9.92. The van der Waals surface area contributed by atoms with E-state index in [-0.39, 0.29) is 6.61 Å². The summed E-state index contributed by atoms with van der Waals surface area (Å²) in [5.41, 5.74) is -0.678. The summed E-state index contributed by atoms with van der Waals surface area (Å²) in [4.78, 5) is 0. The van der Waals surface area contributed by atoms with Crippen LogP contribution in [0.3, 0.4) is 0 Å². The minimum absolute atomic E-state index is 0.277. The molecule has 0 aliphatic rings. The van der Waals surface area contributed by atoms with Gasteiger partial charge in [-0.05, 0) is 25.0 Å². The largest absolute Gasteiger partial charge is 0.491 e. The summed E-state index contributed by atoms with van der Waals surface area (Å²) >= 11 is 0. The number of hydrogen-bond donors (Lipinski definition) is 2. The second kappa shape index (κ2) is 11.4. The molecule has 2 unspecified atom stereocenters. The van der Waals surface area contributed by atoms with E-state index < -0.39 is 11.7 Å². The van der Waals surface area contributed by atoms with Crippen LogP contribution < -0.4 is 4.74 Å². The van der Waals surface area contributed by atoms with Crippen molar-refractivity contribution in [3.8, 4) is 5.75 Å². The molecule has 23 heavy (non-hydrogen) atoms. The summed E-state index contributed by atoms with van der Waals surface area (Å²) in [6.07, 6.45) is 5.06. The number of ether oxygens (including phenoxy) is 2. The zero-order chi connectivity index (χ0) is 17.0. The zero-order valence-electron chi connectivity index (χ0n) is 14.5. The van der Waals surface area contributed by atoms with E-state index in [0.717, 1.165) is 25.0 Å².